The first kappa shape index (κ1) is 43.4. The third kappa shape index (κ3) is 6.26. The summed E-state index contributed by atoms with van der Waals surface area (Å²) in [4.78, 5) is 2.44. The lowest BCUT2D eigenvalue weighted by Crippen LogP contribution is -2.32. The van der Waals surface area contributed by atoms with Gasteiger partial charge in [-0.25, -0.2) is 0 Å². The molecule has 16 rings (SSSR count). The largest absolute Gasteiger partial charge is 0.457 e. The third-order valence-electron chi connectivity index (χ3n) is 16.8. The molecule has 360 valence electrons. The number of hydrogen-bond donors (Lipinski definition) is 0. The smallest absolute Gasteiger partial charge is 0.132 e. The van der Waals surface area contributed by atoms with Gasteiger partial charge in [-0.05, 0) is 145 Å². The monoisotopic (exact) mass is 981 g/mol. The molecular formula is C74H47NO2. The van der Waals surface area contributed by atoms with E-state index in [9.17, 15) is 0 Å². The number of benzene rings is 12. The lowest BCUT2D eigenvalue weighted by molar-refractivity contribution is 0.436. The molecule has 0 radical (unpaired) electrons. The van der Waals surface area contributed by atoms with Crippen molar-refractivity contribution in [3.05, 3.63) is 330 Å². The molecule has 77 heavy (non-hydrogen) atoms. The zero-order valence-corrected chi connectivity index (χ0v) is 41.9. The van der Waals surface area contributed by atoms with E-state index in [0.29, 0.717) is 0 Å². The van der Waals surface area contributed by atoms with Gasteiger partial charge in [-0.3, -0.25) is 0 Å². The lowest BCUT2D eigenvalue weighted by atomic mass is 9.66. The number of ether oxygens (including phenoxy) is 2. The highest BCUT2D eigenvalue weighted by atomic mass is 16.5. The maximum atomic E-state index is 6.74. The van der Waals surface area contributed by atoms with Crippen molar-refractivity contribution in [1.82, 2.24) is 0 Å². The van der Waals surface area contributed by atoms with Gasteiger partial charge in [-0.15, -0.1) is 0 Å². The van der Waals surface area contributed by atoms with Gasteiger partial charge in [0.1, 0.15) is 23.0 Å². The van der Waals surface area contributed by atoms with Gasteiger partial charge in [0.25, 0.3) is 0 Å². The van der Waals surface area contributed by atoms with Crippen LogP contribution < -0.4 is 14.4 Å². The Balaban J connectivity index is 0.879. The quantitative estimate of drug-likeness (QED) is 0.166. The van der Waals surface area contributed by atoms with Gasteiger partial charge in [0.15, 0.2) is 0 Å². The summed E-state index contributed by atoms with van der Waals surface area (Å²) in [5.74, 6) is 3.53. The highest BCUT2D eigenvalue weighted by Crippen LogP contribution is 2.64. The number of fused-ring (bicyclic) bond motifs is 18. The molecule has 0 amide bonds. The van der Waals surface area contributed by atoms with Crippen LogP contribution in [0, 0.1) is 0 Å². The van der Waals surface area contributed by atoms with Crippen LogP contribution in [0.5, 0.6) is 23.0 Å². The molecule has 3 nitrogen and oxygen atoms in total. The Morgan fingerprint density at radius 2 is 0.545 bits per heavy atom. The molecule has 0 N–H and O–H groups in total. The zero-order chi connectivity index (χ0) is 50.7. The Bertz CT molecular complexity index is 4250. The molecule has 0 atom stereocenters. The maximum absolute atomic E-state index is 6.74. The van der Waals surface area contributed by atoms with Crippen molar-refractivity contribution in [1.29, 1.82) is 0 Å². The summed E-state index contributed by atoms with van der Waals surface area (Å²) in [5, 5.41) is 0. The summed E-state index contributed by atoms with van der Waals surface area (Å²) < 4.78 is 13.4. The summed E-state index contributed by atoms with van der Waals surface area (Å²) in [6.45, 7) is 0. The number of nitrogens with zero attached hydrogens (tertiary/aromatic N) is 1. The SMILES string of the molecule is c1ccc(-c2ccc(-c3ccc(N(c4cccc(-c5ccc6c(c5)C5(c7ccccc7Oc7ccccc75)c5ccccc5-6)c4)c4ccc5c(c4)C4(c6ccccc6Oc6ccccc64)c4ccccc4-5)cc3)cc2)cc1. The number of para-hydroxylation sites is 4. The molecule has 2 heterocycles. The lowest BCUT2D eigenvalue weighted by Gasteiger charge is -2.39. The molecule has 0 unspecified atom stereocenters. The van der Waals surface area contributed by atoms with Crippen LogP contribution in [-0.4, -0.2) is 0 Å². The van der Waals surface area contributed by atoms with E-state index >= 15 is 0 Å². The van der Waals surface area contributed by atoms with E-state index < -0.39 is 10.8 Å². The van der Waals surface area contributed by atoms with Crippen LogP contribution in [0.4, 0.5) is 17.1 Å². The molecule has 4 aliphatic rings. The molecule has 0 bridgehead atoms. The van der Waals surface area contributed by atoms with Crippen LogP contribution in [0.15, 0.2) is 285 Å². The summed E-state index contributed by atoms with van der Waals surface area (Å²) in [7, 11) is 0. The van der Waals surface area contributed by atoms with Crippen molar-refractivity contribution in [2.45, 2.75) is 10.8 Å². The number of rotatable bonds is 6. The van der Waals surface area contributed by atoms with Gasteiger partial charge in [-0.1, -0.05) is 218 Å². The van der Waals surface area contributed by atoms with Crippen LogP contribution in [0.2, 0.25) is 0 Å². The minimum atomic E-state index is -0.615. The average Bonchev–Trinajstić information content (AvgIpc) is 3.87. The molecule has 0 aromatic heterocycles. The second kappa shape index (κ2) is 16.8. The van der Waals surface area contributed by atoms with Gasteiger partial charge in [-0.2, -0.15) is 0 Å². The topological polar surface area (TPSA) is 21.7 Å². The second-order valence-electron chi connectivity index (χ2n) is 20.6. The van der Waals surface area contributed by atoms with Gasteiger partial charge in [0, 0.05) is 39.3 Å². The predicted molar refractivity (Wildman–Crippen MR) is 312 cm³/mol. The van der Waals surface area contributed by atoms with Gasteiger partial charge in [0.05, 0.1) is 10.8 Å². The molecule has 3 heteroatoms. The molecule has 2 spiro atoms. The van der Waals surface area contributed by atoms with Crippen molar-refractivity contribution in [2.75, 3.05) is 4.90 Å². The van der Waals surface area contributed by atoms with Crippen molar-refractivity contribution in [3.63, 3.8) is 0 Å². The summed E-state index contributed by atoms with van der Waals surface area (Å²) in [6, 6.07) is 104. The van der Waals surface area contributed by atoms with Crippen LogP contribution in [0.1, 0.15) is 44.5 Å². The first-order chi connectivity index (χ1) is 38.2. The normalized spacial score (nSPS) is 13.9. The summed E-state index contributed by atoms with van der Waals surface area (Å²) in [5.41, 5.74) is 23.6. The maximum Gasteiger partial charge on any atom is 0.132 e. The Hall–Kier alpha value is -9.96. The fraction of sp³-hybridized carbons (Fsp3) is 0.0270. The third-order valence-corrected chi connectivity index (χ3v) is 16.8. The van der Waals surface area contributed by atoms with E-state index in [2.05, 4.69) is 290 Å². The molecule has 12 aromatic rings. The molecule has 12 aromatic carbocycles. The van der Waals surface area contributed by atoms with Crippen LogP contribution >= 0.6 is 0 Å². The Morgan fingerprint density at radius 1 is 0.208 bits per heavy atom. The number of hydrogen-bond acceptors (Lipinski definition) is 3. The first-order valence-electron chi connectivity index (χ1n) is 26.6. The molecule has 2 aliphatic heterocycles. The Kier molecular flexibility index (Phi) is 9.47. The molecule has 2 aliphatic carbocycles. The van der Waals surface area contributed by atoms with Crippen LogP contribution in [-0.2, 0) is 10.8 Å². The van der Waals surface area contributed by atoms with Gasteiger partial charge >= 0.3 is 0 Å². The van der Waals surface area contributed by atoms with Crippen molar-refractivity contribution in [2.24, 2.45) is 0 Å². The van der Waals surface area contributed by atoms with E-state index in [-0.39, 0.29) is 0 Å². The second-order valence-corrected chi connectivity index (χ2v) is 20.6. The van der Waals surface area contributed by atoms with Gasteiger partial charge in [0.2, 0.25) is 0 Å². The highest BCUT2D eigenvalue weighted by Gasteiger charge is 2.52. The molecule has 0 saturated carbocycles. The van der Waals surface area contributed by atoms with E-state index in [4.69, 9.17) is 9.47 Å². The van der Waals surface area contributed by atoms with Crippen LogP contribution in [0.25, 0.3) is 55.6 Å². The minimum absolute atomic E-state index is 0.569. The van der Waals surface area contributed by atoms with E-state index in [1.165, 1.54) is 61.2 Å². The van der Waals surface area contributed by atoms with Crippen molar-refractivity contribution < 1.29 is 9.47 Å². The van der Waals surface area contributed by atoms with Crippen molar-refractivity contribution >= 4 is 17.1 Å². The number of anilines is 3. The van der Waals surface area contributed by atoms with E-state index in [0.717, 1.165) is 79.0 Å². The predicted octanol–water partition coefficient (Wildman–Crippen LogP) is 19.1. The fourth-order valence-corrected chi connectivity index (χ4v) is 13.6. The van der Waals surface area contributed by atoms with Crippen molar-refractivity contribution in [3.8, 4) is 78.6 Å². The summed E-state index contributed by atoms with van der Waals surface area (Å²) >= 11 is 0. The molecule has 0 fully saturated rings. The summed E-state index contributed by atoms with van der Waals surface area (Å²) in [6.07, 6.45) is 0. The standard InChI is InChI=1S/C74H47NO2/c1-2-17-48(18-3-1)49-33-35-50(36-34-49)51-37-40-54(41-38-51)75(56-42-44-60-58-22-5-7-24-62(58)74(68(60)47-56)65-27-10-14-31-71(65)77-72-32-15-11-28-66(72)74)55-20-16-19-52(45-55)53-39-43-59-57-21-4-6-23-61(57)73(67(59)46-53)63-25-8-12-29-69(63)76-70-30-13-9-26-64(70)73/h1-47H. The Labute approximate surface area is 448 Å². The average molecular weight is 982 g/mol. The van der Waals surface area contributed by atoms with Crippen LogP contribution in [0.3, 0.4) is 0 Å². The highest BCUT2D eigenvalue weighted by molar-refractivity contribution is 5.94. The van der Waals surface area contributed by atoms with E-state index in [1.807, 2.05) is 0 Å². The fourth-order valence-electron chi connectivity index (χ4n) is 13.6. The zero-order valence-electron chi connectivity index (χ0n) is 41.9. The minimum Gasteiger partial charge on any atom is -0.457 e. The van der Waals surface area contributed by atoms with E-state index in [1.54, 1.807) is 0 Å². The first-order valence-corrected chi connectivity index (χ1v) is 26.6. The molecule has 0 saturated heterocycles. The Morgan fingerprint density at radius 3 is 1.06 bits per heavy atom. The van der Waals surface area contributed by atoms with Gasteiger partial charge < -0.3 is 14.4 Å². The molecular weight excluding hydrogens is 935 g/mol.